The van der Waals surface area contributed by atoms with Crippen molar-refractivity contribution in [3.05, 3.63) is 0 Å². The summed E-state index contributed by atoms with van der Waals surface area (Å²) < 4.78 is 0. The standard InChI is InChI=1S/C10H17N.CH2O2/c11-10-8-2-6-1-7(4-8)5-9(10)3-6;2-1-3/h6-10H,1-5,11H2;1H,(H,2,3). The van der Waals surface area contributed by atoms with Crippen LogP contribution in [0.5, 0.6) is 0 Å². The fourth-order valence-electron chi connectivity index (χ4n) is 3.97. The molecule has 4 aliphatic rings. The van der Waals surface area contributed by atoms with Crippen molar-refractivity contribution in [2.75, 3.05) is 0 Å². The van der Waals surface area contributed by atoms with Crippen LogP contribution in [0.15, 0.2) is 0 Å². The monoisotopic (exact) mass is 197 g/mol. The summed E-state index contributed by atoms with van der Waals surface area (Å²) in [6.07, 6.45) is 7.41. The van der Waals surface area contributed by atoms with Gasteiger partial charge in [-0.25, -0.2) is 0 Å². The summed E-state index contributed by atoms with van der Waals surface area (Å²) in [5.41, 5.74) is 6.17. The molecule has 0 aliphatic heterocycles. The molecule has 4 saturated carbocycles. The number of rotatable bonds is 0. The predicted octanol–water partition coefficient (Wildman–Crippen LogP) is 1.47. The van der Waals surface area contributed by atoms with Crippen LogP contribution in [0.2, 0.25) is 0 Å². The van der Waals surface area contributed by atoms with E-state index in [1.807, 2.05) is 0 Å². The van der Waals surface area contributed by atoms with Gasteiger partial charge in [0.15, 0.2) is 0 Å². The third kappa shape index (κ3) is 1.65. The van der Waals surface area contributed by atoms with Gasteiger partial charge in [-0.1, -0.05) is 0 Å². The van der Waals surface area contributed by atoms with Gasteiger partial charge < -0.3 is 10.8 Å². The molecule has 4 bridgehead atoms. The molecule has 4 aliphatic carbocycles. The first-order valence-corrected chi connectivity index (χ1v) is 5.58. The zero-order valence-electron chi connectivity index (χ0n) is 8.43. The number of nitrogens with two attached hydrogens (primary N) is 1. The second kappa shape index (κ2) is 3.89. The topological polar surface area (TPSA) is 63.3 Å². The van der Waals surface area contributed by atoms with Crippen LogP contribution in [0.1, 0.15) is 32.1 Å². The second-order valence-electron chi connectivity index (χ2n) is 5.11. The third-order valence-corrected chi connectivity index (χ3v) is 4.30. The summed E-state index contributed by atoms with van der Waals surface area (Å²) in [5.74, 6) is 4.01. The third-order valence-electron chi connectivity index (χ3n) is 4.30. The van der Waals surface area contributed by atoms with Crippen molar-refractivity contribution < 1.29 is 9.90 Å². The van der Waals surface area contributed by atoms with Crippen LogP contribution in [0.25, 0.3) is 0 Å². The lowest BCUT2D eigenvalue weighted by molar-refractivity contribution is -0.122. The average Bonchev–Trinajstić information content (AvgIpc) is 2.14. The Hall–Kier alpha value is -0.570. The summed E-state index contributed by atoms with van der Waals surface area (Å²) in [6, 6.07) is 0.586. The molecule has 3 heteroatoms. The normalized spacial score (nSPS) is 48.2. The molecule has 0 saturated heterocycles. The van der Waals surface area contributed by atoms with E-state index in [-0.39, 0.29) is 6.47 Å². The Morgan fingerprint density at radius 3 is 1.71 bits per heavy atom. The van der Waals surface area contributed by atoms with Crippen molar-refractivity contribution >= 4 is 6.47 Å². The Bertz CT molecular complexity index is 189. The highest BCUT2D eigenvalue weighted by Crippen LogP contribution is 2.52. The van der Waals surface area contributed by atoms with Crippen molar-refractivity contribution in [3.8, 4) is 0 Å². The van der Waals surface area contributed by atoms with Crippen LogP contribution in [0.4, 0.5) is 0 Å². The number of hydrogen-bond acceptors (Lipinski definition) is 2. The number of hydrogen-bond donors (Lipinski definition) is 2. The van der Waals surface area contributed by atoms with E-state index in [4.69, 9.17) is 15.6 Å². The largest absolute Gasteiger partial charge is 0.483 e. The first kappa shape index (κ1) is 9.97. The van der Waals surface area contributed by atoms with Gasteiger partial charge in [-0.05, 0) is 55.8 Å². The van der Waals surface area contributed by atoms with Gasteiger partial charge in [0.25, 0.3) is 6.47 Å². The smallest absolute Gasteiger partial charge is 0.290 e. The van der Waals surface area contributed by atoms with Crippen LogP contribution in [-0.2, 0) is 4.79 Å². The maximum absolute atomic E-state index is 8.36. The highest BCUT2D eigenvalue weighted by molar-refractivity contribution is 5.32. The van der Waals surface area contributed by atoms with Crippen LogP contribution in [-0.4, -0.2) is 17.6 Å². The van der Waals surface area contributed by atoms with E-state index in [0.29, 0.717) is 6.04 Å². The van der Waals surface area contributed by atoms with E-state index < -0.39 is 0 Å². The van der Waals surface area contributed by atoms with Crippen molar-refractivity contribution in [2.45, 2.75) is 38.1 Å². The van der Waals surface area contributed by atoms with Crippen molar-refractivity contribution in [3.63, 3.8) is 0 Å². The SMILES string of the molecule is NC1C2CC3CC(C2)CC1C3.O=CO. The molecule has 0 aromatic heterocycles. The lowest BCUT2D eigenvalue weighted by atomic mass is 9.54. The summed E-state index contributed by atoms with van der Waals surface area (Å²) >= 11 is 0. The van der Waals surface area contributed by atoms with Crippen LogP contribution in [0.3, 0.4) is 0 Å². The summed E-state index contributed by atoms with van der Waals surface area (Å²) in [6.45, 7) is -0.250. The minimum absolute atomic E-state index is 0.250. The van der Waals surface area contributed by atoms with Gasteiger partial charge in [0, 0.05) is 6.04 Å². The van der Waals surface area contributed by atoms with Gasteiger partial charge in [-0.15, -0.1) is 0 Å². The van der Waals surface area contributed by atoms with Gasteiger partial charge in [-0.3, -0.25) is 4.79 Å². The Kier molecular flexibility index (Phi) is 2.77. The molecule has 0 aromatic rings. The average molecular weight is 197 g/mol. The number of carbonyl (C=O) groups is 1. The minimum atomic E-state index is -0.250. The van der Waals surface area contributed by atoms with Crippen molar-refractivity contribution in [1.82, 2.24) is 0 Å². The van der Waals surface area contributed by atoms with E-state index in [9.17, 15) is 0 Å². The fourth-order valence-corrected chi connectivity index (χ4v) is 3.97. The highest BCUT2D eigenvalue weighted by Gasteiger charge is 2.46. The number of carboxylic acid groups (broad SMARTS) is 1. The summed E-state index contributed by atoms with van der Waals surface area (Å²) in [4.78, 5) is 8.36. The molecule has 0 aromatic carbocycles. The summed E-state index contributed by atoms with van der Waals surface area (Å²) in [7, 11) is 0. The van der Waals surface area contributed by atoms with Gasteiger partial charge in [0.2, 0.25) is 0 Å². The first-order chi connectivity index (χ1) is 6.74. The van der Waals surface area contributed by atoms with Gasteiger partial charge in [-0.2, -0.15) is 0 Å². The van der Waals surface area contributed by atoms with Crippen LogP contribution in [0, 0.1) is 23.7 Å². The van der Waals surface area contributed by atoms with Crippen LogP contribution >= 0.6 is 0 Å². The van der Waals surface area contributed by atoms with E-state index in [2.05, 4.69) is 0 Å². The van der Waals surface area contributed by atoms with Gasteiger partial charge in [0.1, 0.15) is 0 Å². The van der Waals surface area contributed by atoms with Gasteiger partial charge in [0.05, 0.1) is 0 Å². The molecule has 0 amide bonds. The Morgan fingerprint density at radius 1 is 1.00 bits per heavy atom. The predicted molar refractivity (Wildman–Crippen MR) is 53.7 cm³/mol. The maximum atomic E-state index is 8.36. The molecule has 0 atom stereocenters. The lowest BCUT2D eigenvalue weighted by Gasteiger charge is -2.53. The molecule has 3 nitrogen and oxygen atoms in total. The van der Waals surface area contributed by atoms with Crippen molar-refractivity contribution in [2.24, 2.45) is 29.4 Å². The molecule has 4 fully saturated rings. The molecule has 0 spiro atoms. The first-order valence-electron chi connectivity index (χ1n) is 5.58. The molecule has 3 N–H and O–H groups in total. The van der Waals surface area contributed by atoms with E-state index in [1.165, 1.54) is 25.7 Å². The molecule has 4 rings (SSSR count). The zero-order chi connectivity index (χ0) is 10.1. The second-order valence-corrected chi connectivity index (χ2v) is 5.11. The molecule has 0 radical (unpaired) electrons. The lowest BCUT2D eigenvalue weighted by Crippen LogP contribution is -2.52. The molecule has 0 unspecified atom stereocenters. The fraction of sp³-hybridized carbons (Fsp3) is 0.909. The zero-order valence-corrected chi connectivity index (χ0v) is 8.43. The minimum Gasteiger partial charge on any atom is -0.483 e. The van der Waals surface area contributed by atoms with E-state index in [1.54, 1.807) is 6.42 Å². The van der Waals surface area contributed by atoms with Crippen molar-refractivity contribution in [1.29, 1.82) is 0 Å². The summed E-state index contributed by atoms with van der Waals surface area (Å²) in [5, 5.41) is 6.89. The molecular formula is C11H19NO2. The van der Waals surface area contributed by atoms with E-state index in [0.717, 1.165) is 23.7 Å². The Balaban J connectivity index is 0.000000226. The molecular weight excluding hydrogens is 178 g/mol. The quantitative estimate of drug-likeness (QED) is 0.578. The maximum Gasteiger partial charge on any atom is 0.290 e. The molecule has 80 valence electrons. The Morgan fingerprint density at radius 2 is 1.36 bits per heavy atom. The van der Waals surface area contributed by atoms with Crippen LogP contribution < -0.4 is 5.73 Å². The highest BCUT2D eigenvalue weighted by atomic mass is 16.3. The Labute approximate surface area is 84.7 Å². The molecule has 0 heterocycles. The van der Waals surface area contributed by atoms with E-state index >= 15 is 0 Å². The molecule has 14 heavy (non-hydrogen) atoms. The van der Waals surface area contributed by atoms with Gasteiger partial charge >= 0.3 is 0 Å².